The fourth-order valence-electron chi connectivity index (χ4n) is 1.92. The van der Waals surface area contributed by atoms with Crippen LogP contribution in [-0.4, -0.2) is 23.0 Å². The molecule has 5 nitrogen and oxygen atoms in total. The monoisotopic (exact) mass is 318 g/mol. The first-order chi connectivity index (χ1) is 8.61. The van der Waals surface area contributed by atoms with Crippen molar-refractivity contribution in [2.24, 2.45) is 5.84 Å². The van der Waals surface area contributed by atoms with Crippen LogP contribution in [0.3, 0.4) is 0 Å². The molecule has 18 heavy (non-hydrogen) atoms. The molecule has 0 bridgehead atoms. The smallest absolute Gasteiger partial charge is 0.0712 e. The third-order valence-electron chi connectivity index (χ3n) is 2.79. The summed E-state index contributed by atoms with van der Waals surface area (Å²) in [5.41, 5.74) is 3.97. The van der Waals surface area contributed by atoms with Crippen molar-refractivity contribution in [3.8, 4) is 0 Å². The molecule has 0 saturated carbocycles. The predicted octanol–water partition coefficient (Wildman–Crippen LogP) is 2.55. The van der Waals surface area contributed by atoms with Crippen LogP contribution in [0.4, 0.5) is 0 Å². The number of nitrogens with one attached hydrogen (secondary N) is 1. The maximum Gasteiger partial charge on any atom is 0.0712 e. The Morgan fingerprint density at radius 3 is 2.83 bits per heavy atom. The van der Waals surface area contributed by atoms with E-state index >= 15 is 0 Å². The highest BCUT2D eigenvalue weighted by atomic mass is 79.9. The zero-order valence-electron chi connectivity index (χ0n) is 11.3. The molecular formula is C12H23BrN4O. The number of nitrogens with zero attached hydrogens (tertiary/aromatic N) is 2. The molecule has 0 aromatic carbocycles. The summed E-state index contributed by atoms with van der Waals surface area (Å²) in [7, 11) is 0. The van der Waals surface area contributed by atoms with Crippen molar-refractivity contribution in [3.05, 3.63) is 16.4 Å². The molecule has 0 amide bonds. The Morgan fingerprint density at radius 2 is 2.28 bits per heavy atom. The first kappa shape index (κ1) is 15.6. The van der Waals surface area contributed by atoms with Gasteiger partial charge in [0.25, 0.3) is 0 Å². The molecule has 104 valence electrons. The van der Waals surface area contributed by atoms with Crippen molar-refractivity contribution in [3.63, 3.8) is 0 Å². The van der Waals surface area contributed by atoms with E-state index in [0.29, 0.717) is 6.04 Å². The Kier molecular flexibility index (Phi) is 6.85. The Bertz CT molecular complexity index is 354. The van der Waals surface area contributed by atoms with Crippen LogP contribution < -0.4 is 11.3 Å². The number of hydrogen-bond acceptors (Lipinski definition) is 4. The standard InChI is InChI=1S/C12H23BrN4O/c1-4-18-7-5-6-11(16-14)12-10(13)8-15-17(12)9(2)3/h8-9,11,16H,4-7,14H2,1-3H3. The second kappa shape index (κ2) is 7.89. The minimum Gasteiger partial charge on any atom is -0.382 e. The van der Waals surface area contributed by atoms with E-state index in [-0.39, 0.29) is 6.04 Å². The van der Waals surface area contributed by atoms with Gasteiger partial charge in [0.2, 0.25) is 0 Å². The molecule has 0 radical (unpaired) electrons. The molecule has 1 aromatic heterocycles. The fraction of sp³-hybridized carbons (Fsp3) is 0.750. The Hall–Kier alpha value is -0.430. The number of aromatic nitrogens is 2. The van der Waals surface area contributed by atoms with E-state index in [0.717, 1.165) is 36.2 Å². The van der Waals surface area contributed by atoms with Gasteiger partial charge < -0.3 is 4.74 Å². The zero-order valence-corrected chi connectivity index (χ0v) is 12.9. The highest BCUT2D eigenvalue weighted by molar-refractivity contribution is 9.10. The van der Waals surface area contributed by atoms with E-state index < -0.39 is 0 Å². The van der Waals surface area contributed by atoms with E-state index in [9.17, 15) is 0 Å². The SMILES string of the molecule is CCOCCCC(NN)c1c(Br)cnn1C(C)C. The van der Waals surface area contributed by atoms with Gasteiger partial charge in [-0.05, 0) is 49.5 Å². The molecule has 6 heteroatoms. The number of nitrogens with two attached hydrogens (primary N) is 1. The summed E-state index contributed by atoms with van der Waals surface area (Å²) in [5.74, 6) is 5.66. The number of rotatable bonds is 8. The summed E-state index contributed by atoms with van der Waals surface area (Å²) >= 11 is 3.54. The second-order valence-electron chi connectivity index (χ2n) is 4.47. The average molecular weight is 319 g/mol. The lowest BCUT2D eigenvalue weighted by Crippen LogP contribution is -2.30. The van der Waals surface area contributed by atoms with Gasteiger partial charge in [-0.2, -0.15) is 5.10 Å². The summed E-state index contributed by atoms with van der Waals surface area (Å²) in [6, 6.07) is 0.402. The molecule has 0 aliphatic rings. The van der Waals surface area contributed by atoms with Crippen LogP contribution in [-0.2, 0) is 4.74 Å². The number of ether oxygens (including phenoxy) is 1. The van der Waals surface area contributed by atoms with E-state index in [1.165, 1.54) is 0 Å². The van der Waals surface area contributed by atoms with Crippen LogP contribution in [0.25, 0.3) is 0 Å². The molecule has 0 spiro atoms. The van der Waals surface area contributed by atoms with Gasteiger partial charge in [-0.15, -0.1) is 0 Å². The quantitative estimate of drug-likeness (QED) is 0.439. The number of halogens is 1. The van der Waals surface area contributed by atoms with Crippen LogP contribution in [0.15, 0.2) is 10.7 Å². The van der Waals surface area contributed by atoms with Crippen molar-refractivity contribution >= 4 is 15.9 Å². The highest BCUT2D eigenvalue weighted by Crippen LogP contribution is 2.28. The third-order valence-corrected chi connectivity index (χ3v) is 3.40. The molecular weight excluding hydrogens is 296 g/mol. The summed E-state index contributed by atoms with van der Waals surface area (Å²) in [6.07, 6.45) is 3.72. The second-order valence-corrected chi connectivity index (χ2v) is 5.33. The summed E-state index contributed by atoms with van der Waals surface area (Å²) in [6.45, 7) is 7.74. The summed E-state index contributed by atoms with van der Waals surface area (Å²) < 4.78 is 8.34. The number of hydrogen-bond donors (Lipinski definition) is 2. The highest BCUT2D eigenvalue weighted by Gasteiger charge is 2.20. The van der Waals surface area contributed by atoms with Gasteiger partial charge in [0.05, 0.1) is 22.4 Å². The molecule has 1 rings (SSSR count). The van der Waals surface area contributed by atoms with Gasteiger partial charge in [0.1, 0.15) is 0 Å². The van der Waals surface area contributed by atoms with Gasteiger partial charge in [0, 0.05) is 19.3 Å². The van der Waals surface area contributed by atoms with Crippen LogP contribution in [0.2, 0.25) is 0 Å². The molecule has 0 aliphatic heterocycles. The Balaban J connectivity index is 2.72. The van der Waals surface area contributed by atoms with Gasteiger partial charge >= 0.3 is 0 Å². The van der Waals surface area contributed by atoms with Gasteiger partial charge in [-0.3, -0.25) is 16.0 Å². The van der Waals surface area contributed by atoms with Crippen molar-refractivity contribution in [2.75, 3.05) is 13.2 Å². The normalized spacial score (nSPS) is 13.2. The zero-order chi connectivity index (χ0) is 13.5. The molecule has 1 atom stereocenters. The molecule has 0 saturated heterocycles. The topological polar surface area (TPSA) is 65.1 Å². The first-order valence-electron chi connectivity index (χ1n) is 6.38. The van der Waals surface area contributed by atoms with Crippen LogP contribution in [0.1, 0.15) is 51.4 Å². The Labute approximate surface area is 117 Å². The maximum absolute atomic E-state index is 5.66. The van der Waals surface area contributed by atoms with Crippen molar-refractivity contribution in [1.82, 2.24) is 15.2 Å². The van der Waals surface area contributed by atoms with E-state index in [1.54, 1.807) is 0 Å². The lowest BCUT2D eigenvalue weighted by atomic mass is 10.1. The minimum absolute atomic E-state index is 0.0877. The van der Waals surface area contributed by atoms with Crippen molar-refractivity contribution in [1.29, 1.82) is 0 Å². The van der Waals surface area contributed by atoms with Crippen LogP contribution >= 0.6 is 15.9 Å². The van der Waals surface area contributed by atoms with Gasteiger partial charge in [-0.25, -0.2) is 0 Å². The average Bonchev–Trinajstić information content (AvgIpc) is 2.72. The molecule has 1 heterocycles. The Morgan fingerprint density at radius 1 is 1.56 bits per heavy atom. The van der Waals surface area contributed by atoms with Gasteiger partial charge in [0.15, 0.2) is 0 Å². The maximum atomic E-state index is 5.66. The lowest BCUT2D eigenvalue weighted by molar-refractivity contribution is 0.140. The third kappa shape index (κ3) is 4.05. The van der Waals surface area contributed by atoms with Crippen molar-refractivity contribution in [2.45, 2.75) is 45.7 Å². The van der Waals surface area contributed by atoms with Crippen LogP contribution in [0.5, 0.6) is 0 Å². The number of hydrazine groups is 1. The molecule has 0 aliphatic carbocycles. The summed E-state index contributed by atoms with van der Waals surface area (Å²) in [5, 5.41) is 4.37. The molecule has 0 fully saturated rings. The molecule has 3 N–H and O–H groups in total. The summed E-state index contributed by atoms with van der Waals surface area (Å²) in [4.78, 5) is 0. The van der Waals surface area contributed by atoms with Gasteiger partial charge in [-0.1, -0.05) is 0 Å². The fourth-order valence-corrected chi connectivity index (χ4v) is 2.47. The molecule has 1 aromatic rings. The van der Waals surface area contributed by atoms with E-state index in [2.05, 4.69) is 40.3 Å². The predicted molar refractivity (Wildman–Crippen MR) is 76.1 cm³/mol. The van der Waals surface area contributed by atoms with E-state index in [1.807, 2.05) is 17.8 Å². The van der Waals surface area contributed by atoms with Crippen LogP contribution in [0, 0.1) is 0 Å². The lowest BCUT2D eigenvalue weighted by Gasteiger charge is -2.20. The van der Waals surface area contributed by atoms with Crippen molar-refractivity contribution < 1.29 is 4.74 Å². The minimum atomic E-state index is 0.0877. The largest absolute Gasteiger partial charge is 0.382 e. The van der Waals surface area contributed by atoms with E-state index in [4.69, 9.17) is 10.6 Å². The molecule has 1 unspecified atom stereocenters. The first-order valence-corrected chi connectivity index (χ1v) is 7.17.